The first-order valence-corrected chi connectivity index (χ1v) is 7.46. The molecule has 3 rings (SSSR count). The van der Waals surface area contributed by atoms with Crippen molar-refractivity contribution in [2.45, 2.75) is 10.9 Å². The minimum Gasteiger partial charge on any atom is -0.497 e. The second-order valence-corrected chi connectivity index (χ2v) is 5.69. The monoisotopic (exact) mass is 352 g/mol. The second-order valence-electron chi connectivity index (χ2n) is 4.70. The molecule has 5 heteroatoms. The van der Waals surface area contributed by atoms with Gasteiger partial charge in [-0.2, -0.15) is 0 Å². The molecule has 2 aromatic rings. The number of para-hydroxylation sites is 2. The highest BCUT2D eigenvalue weighted by atomic mass is 79.9. The summed E-state index contributed by atoms with van der Waals surface area (Å²) in [7, 11) is 1.51. The number of hydrogen-bond donors (Lipinski definition) is 0. The summed E-state index contributed by atoms with van der Waals surface area (Å²) in [4.78, 5) is -0.309. The van der Waals surface area contributed by atoms with Crippen molar-refractivity contribution in [2.24, 2.45) is 0 Å². The third-order valence-electron chi connectivity index (χ3n) is 3.36. The molecule has 0 saturated carbocycles. The van der Waals surface area contributed by atoms with E-state index in [1.54, 1.807) is 12.1 Å². The number of alkyl halides is 1. The molecule has 0 N–H and O–H groups in total. The molecule has 110 valence electrons. The number of ether oxygens (including phenoxy) is 3. The van der Waals surface area contributed by atoms with E-state index >= 15 is 0 Å². The molecule has 0 aromatic heterocycles. The minimum absolute atomic E-state index is 0.303. The molecule has 0 aliphatic carbocycles. The lowest BCUT2D eigenvalue weighted by atomic mass is 10.1. The lowest BCUT2D eigenvalue weighted by molar-refractivity contribution is 0.0898. The van der Waals surface area contributed by atoms with E-state index in [-0.39, 0.29) is 16.7 Å². The van der Waals surface area contributed by atoms with Crippen LogP contribution in [-0.2, 0) is 0 Å². The Bertz CT molecular complexity index is 647. The molecule has 1 aliphatic rings. The van der Waals surface area contributed by atoms with E-state index in [0.717, 1.165) is 0 Å². The number of fused-ring (bicyclic) bond motifs is 1. The number of methoxy groups -OCH3 is 1. The summed E-state index contributed by atoms with van der Waals surface area (Å²) in [5.41, 5.74) is 0.517. The van der Waals surface area contributed by atoms with E-state index in [1.165, 1.54) is 13.2 Å². The summed E-state index contributed by atoms with van der Waals surface area (Å²) < 4.78 is 30.7. The van der Waals surface area contributed by atoms with Crippen LogP contribution in [0.2, 0.25) is 0 Å². The molecule has 2 unspecified atom stereocenters. The Morgan fingerprint density at radius 2 is 2.00 bits per heavy atom. The predicted molar refractivity (Wildman–Crippen MR) is 81.0 cm³/mol. The minimum atomic E-state index is -0.335. The van der Waals surface area contributed by atoms with Crippen molar-refractivity contribution < 1.29 is 18.6 Å². The Hall–Kier alpha value is -1.75. The van der Waals surface area contributed by atoms with Crippen molar-refractivity contribution in [3.8, 4) is 17.2 Å². The Balaban J connectivity index is 1.82. The molecule has 0 bridgehead atoms. The largest absolute Gasteiger partial charge is 0.497 e. The summed E-state index contributed by atoms with van der Waals surface area (Å²) in [5, 5.41) is 0. The van der Waals surface area contributed by atoms with Gasteiger partial charge < -0.3 is 14.2 Å². The van der Waals surface area contributed by atoms with Crippen LogP contribution >= 0.6 is 15.9 Å². The summed E-state index contributed by atoms with van der Waals surface area (Å²) in [6.07, 6.45) is -0.303. The highest BCUT2D eigenvalue weighted by Gasteiger charge is 2.30. The van der Waals surface area contributed by atoms with E-state index in [2.05, 4.69) is 15.9 Å². The standard InChI is InChI=1S/C16H14BrFO3/c1-19-10-6-7-11(12(18)8-10)16(17)15-9-20-13-4-2-3-5-14(13)21-15/h2-8,15-16H,9H2,1H3. The zero-order valence-corrected chi connectivity index (χ0v) is 13.0. The van der Waals surface area contributed by atoms with Gasteiger partial charge >= 0.3 is 0 Å². The molecule has 0 saturated heterocycles. The fourth-order valence-corrected chi connectivity index (χ4v) is 2.87. The lowest BCUT2D eigenvalue weighted by Gasteiger charge is -2.29. The van der Waals surface area contributed by atoms with Crippen LogP contribution in [0.25, 0.3) is 0 Å². The SMILES string of the molecule is COc1ccc(C(Br)C2COc3ccccc3O2)c(F)c1. The average Bonchev–Trinajstić information content (AvgIpc) is 2.53. The van der Waals surface area contributed by atoms with Crippen molar-refractivity contribution in [3.63, 3.8) is 0 Å². The van der Waals surface area contributed by atoms with Crippen LogP contribution in [-0.4, -0.2) is 19.8 Å². The van der Waals surface area contributed by atoms with E-state index < -0.39 is 0 Å². The molecule has 2 aromatic carbocycles. The fraction of sp³-hybridized carbons (Fsp3) is 0.250. The number of halogens is 2. The maximum absolute atomic E-state index is 14.1. The van der Waals surface area contributed by atoms with Crippen LogP contribution in [0.4, 0.5) is 4.39 Å². The van der Waals surface area contributed by atoms with Crippen molar-refractivity contribution in [2.75, 3.05) is 13.7 Å². The molecule has 0 radical (unpaired) electrons. The fourth-order valence-electron chi connectivity index (χ4n) is 2.24. The Morgan fingerprint density at radius 3 is 2.71 bits per heavy atom. The normalized spacial score (nSPS) is 18.1. The predicted octanol–water partition coefficient (Wildman–Crippen LogP) is 4.11. The van der Waals surface area contributed by atoms with Gasteiger partial charge in [0.1, 0.15) is 24.3 Å². The third kappa shape index (κ3) is 2.83. The van der Waals surface area contributed by atoms with Gasteiger partial charge in [0.05, 0.1) is 11.9 Å². The van der Waals surface area contributed by atoms with E-state index in [4.69, 9.17) is 14.2 Å². The topological polar surface area (TPSA) is 27.7 Å². The van der Waals surface area contributed by atoms with Gasteiger partial charge in [-0.1, -0.05) is 34.1 Å². The van der Waals surface area contributed by atoms with Gasteiger partial charge in [-0.25, -0.2) is 4.39 Å². The van der Waals surface area contributed by atoms with Crippen molar-refractivity contribution in [1.29, 1.82) is 0 Å². The summed E-state index contributed by atoms with van der Waals surface area (Å²) in [6.45, 7) is 0.360. The smallest absolute Gasteiger partial charge is 0.161 e. The average molecular weight is 353 g/mol. The first-order valence-electron chi connectivity index (χ1n) is 6.55. The number of rotatable bonds is 3. The van der Waals surface area contributed by atoms with Crippen LogP contribution in [0, 0.1) is 5.82 Å². The molecule has 1 aliphatic heterocycles. The van der Waals surface area contributed by atoms with Gasteiger partial charge in [0.25, 0.3) is 0 Å². The van der Waals surface area contributed by atoms with E-state index in [1.807, 2.05) is 24.3 Å². The zero-order valence-electron chi connectivity index (χ0n) is 11.4. The van der Waals surface area contributed by atoms with Crippen LogP contribution < -0.4 is 14.2 Å². The lowest BCUT2D eigenvalue weighted by Crippen LogP contribution is -2.32. The van der Waals surface area contributed by atoms with E-state index in [0.29, 0.717) is 29.4 Å². The first kappa shape index (κ1) is 14.2. The molecule has 3 nitrogen and oxygen atoms in total. The number of hydrogen-bond acceptors (Lipinski definition) is 3. The van der Waals surface area contributed by atoms with Gasteiger partial charge in [-0.15, -0.1) is 0 Å². The molecule has 0 amide bonds. The Kier molecular flexibility index (Phi) is 4.01. The molecular weight excluding hydrogens is 339 g/mol. The second kappa shape index (κ2) is 5.93. The number of benzene rings is 2. The van der Waals surface area contributed by atoms with Crippen LogP contribution in [0.1, 0.15) is 10.4 Å². The van der Waals surface area contributed by atoms with Crippen molar-refractivity contribution in [1.82, 2.24) is 0 Å². The highest BCUT2D eigenvalue weighted by Crippen LogP contribution is 2.38. The molecule has 0 fully saturated rings. The highest BCUT2D eigenvalue weighted by molar-refractivity contribution is 9.09. The van der Waals surface area contributed by atoms with Gasteiger partial charge in [0.2, 0.25) is 0 Å². The molecule has 1 heterocycles. The van der Waals surface area contributed by atoms with E-state index in [9.17, 15) is 4.39 Å². The summed E-state index contributed by atoms with van der Waals surface area (Å²) >= 11 is 3.51. The molecule has 21 heavy (non-hydrogen) atoms. The maximum Gasteiger partial charge on any atom is 0.161 e. The van der Waals surface area contributed by atoms with Crippen LogP contribution in [0.15, 0.2) is 42.5 Å². The zero-order chi connectivity index (χ0) is 14.8. The first-order chi connectivity index (χ1) is 10.2. The summed E-state index contributed by atoms with van der Waals surface area (Å²) in [5.74, 6) is 1.54. The van der Waals surface area contributed by atoms with Gasteiger partial charge in [-0.3, -0.25) is 0 Å². The van der Waals surface area contributed by atoms with Gasteiger partial charge in [0, 0.05) is 11.6 Å². The Labute approximate surface area is 130 Å². The van der Waals surface area contributed by atoms with Crippen LogP contribution in [0.3, 0.4) is 0 Å². The van der Waals surface area contributed by atoms with Gasteiger partial charge in [-0.05, 0) is 18.2 Å². The van der Waals surface area contributed by atoms with Gasteiger partial charge in [0.15, 0.2) is 11.5 Å². The quantitative estimate of drug-likeness (QED) is 0.778. The van der Waals surface area contributed by atoms with Crippen molar-refractivity contribution in [3.05, 3.63) is 53.8 Å². The molecule has 0 spiro atoms. The molecule has 2 atom stereocenters. The third-order valence-corrected chi connectivity index (χ3v) is 4.44. The van der Waals surface area contributed by atoms with Crippen molar-refractivity contribution >= 4 is 15.9 Å². The van der Waals surface area contributed by atoms with Crippen LogP contribution in [0.5, 0.6) is 17.2 Å². The molecular formula is C16H14BrFO3. The Morgan fingerprint density at radius 1 is 1.24 bits per heavy atom. The maximum atomic E-state index is 14.1. The summed E-state index contributed by atoms with van der Waals surface area (Å²) in [6, 6.07) is 12.2.